The molecule has 5 nitrogen and oxygen atoms in total. The third kappa shape index (κ3) is 1.33. The van der Waals surface area contributed by atoms with Gasteiger partial charge in [-0.25, -0.2) is 0 Å². The van der Waals surface area contributed by atoms with Crippen molar-refractivity contribution in [3.8, 4) is 0 Å². The second-order valence-corrected chi connectivity index (χ2v) is 5.69. The zero-order valence-electron chi connectivity index (χ0n) is 11.4. The first kappa shape index (κ1) is 12.9. The molecule has 5 heteroatoms. The molecule has 0 heterocycles. The Hall–Kier alpha value is -2.82. The molecule has 0 aromatic heterocycles. The van der Waals surface area contributed by atoms with Crippen LogP contribution >= 0.6 is 0 Å². The van der Waals surface area contributed by atoms with Crippen LogP contribution in [-0.2, 0) is 0 Å². The molecule has 0 bridgehead atoms. The van der Waals surface area contributed by atoms with E-state index >= 15 is 0 Å². The van der Waals surface area contributed by atoms with E-state index in [2.05, 4.69) is 0 Å². The molecular formula is C17H11NO4. The topological polar surface area (TPSA) is 77.3 Å². The van der Waals surface area contributed by atoms with E-state index < -0.39 is 33.9 Å². The predicted molar refractivity (Wildman–Crippen MR) is 77.5 cm³/mol. The molecule has 0 aliphatic heterocycles. The average Bonchev–Trinajstić information content (AvgIpc) is 3.20. The Morgan fingerprint density at radius 2 is 1.36 bits per heavy atom. The van der Waals surface area contributed by atoms with Crippen LogP contribution < -0.4 is 0 Å². The van der Waals surface area contributed by atoms with E-state index in [1.54, 1.807) is 54.6 Å². The fraction of sp³-hybridized carbons (Fsp3) is 0.176. The molecular weight excluding hydrogens is 282 g/mol. The van der Waals surface area contributed by atoms with Crippen molar-refractivity contribution in [3.05, 3.63) is 81.4 Å². The summed E-state index contributed by atoms with van der Waals surface area (Å²) in [5.41, 5.74) is -0.275. The van der Waals surface area contributed by atoms with Crippen molar-refractivity contribution in [3.63, 3.8) is 0 Å². The zero-order chi connectivity index (χ0) is 15.5. The molecule has 2 aromatic carbocycles. The Balaban J connectivity index is 1.90. The third-order valence-electron chi connectivity index (χ3n) is 4.72. The largest absolute Gasteiger partial charge is 0.293 e. The summed E-state index contributed by atoms with van der Waals surface area (Å²) in [5, 5.41) is 11.4. The molecule has 0 N–H and O–H groups in total. The highest BCUT2D eigenvalue weighted by Crippen LogP contribution is 2.66. The molecule has 2 aliphatic rings. The number of benzene rings is 2. The highest BCUT2D eigenvalue weighted by molar-refractivity contribution is 6.33. The van der Waals surface area contributed by atoms with Crippen LogP contribution in [0.3, 0.4) is 0 Å². The summed E-state index contributed by atoms with van der Waals surface area (Å²) >= 11 is 0. The highest BCUT2D eigenvalue weighted by atomic mass is 16.6. The fourth-order valence-corrected chi connectivity index (χ4v) is 3.74. The molecule has 108 valence electrons. The van der Waals surface area contributed by atoms with Gasteiger partial charge in [-0.2, -0.15) is 0 Å². The van der Waals surface area contributed by atoms with Gasteiger partial charge in [0.2, 0.25) is 6.04 Å². The number of ketones is 2. The van der Waals surface area contributed by atoms with Crippen molar-refractivity contribution in [1.82, 2.24) is 0 Å². The average molecular weight is 293 g/mol. The summed E-state index contributed by atoms with van der Waals surface area (Å²) in [6.45, 7) is 0. The standard InChI is InChI=1S/C17H11NO4/c19-15-11-8-4-5-9-12(11)16(20)17(15)13(14(17)18(21)22)10-6-2-1-3-7-10/h1-9,13-14H. The normalized spacial score (nSPS) is 24.4. The van der Waals surface area contributed by atoms with Gasteiger partial charge in [-0.1, -0.05) is 54.6 Å². The van der Waals surface area contributed by atoms with Gasteiger partial charge in [0, 0.05) is 16.1 Å². The number of carbonyl (C=O) groups excluding carboxylic acids is 2. The number of Topliss-reactive ketones (excluding diaryl/α,β-unsaturated/α-hetero) is 2. The first-order chi connectivity index (χ1) is 10.6. The lowest BCUT2D eigenvalue weighted by Crippen LogP contribution is -2.25. The molecule has 22 heavy (non-hydrogen) atoms. The van der Waals surface area contributed by atoms with Crippen LogP contribution in [-0.4, -0.2) is 22.5 Å². The van der Waals surface area contributed by atoms with Crippen molar-refractivity contribution < 1.29 is 14.5 Å². The number of nitrogens with zero attached hydrogens (tertiary/aromatic N) is 1. The number of hydrogen-bond donors (Lipinski definition) is 0. The molecule has 0 radical (unpaired) electrons. The highest BCUT2D eigenvalue weighted by Gasteiger charge is 2.84. The minimum Gasteiger partial charge on any atom is -0.293 e. The first-order valence-electron chi connectivity index (χ1n) is 6.97. The maximum Gasteiger partial charge on any atom is 0.242 e. The van der Waals surface area contributed by atoms with Crippen molar-refractivity contribution in [1.29, 1.82) is 0 Å². The van der Waals surface area contributed by atoms with Crippen LogP contribution in [0.25, 0.3) is 0 Å². The monoisotopic (exact) mass is 293 g/mol. The molecule has 1 saturated carbocycles. The maximum absolute atomic E-state index is 12.8. The molecule has 2 atom stereocenters. The lowest BCUT2D eigenvalue weighted by atomic mass is 9.93. The minimum atomic E-state index is -1.55. The zero-order valence-corrected chi connectivity index (χ0v) is 11.4. The van der Waals surface area contributed by atoms with Gasteiger partial charge in [0.25, 0.3) is 0 Å². The van der Waals surface area contributed by atoms with Crippen molar-refractivity contribution in [2.24, 2.45) is 5.41 Å². The molecule has 2 unspecified atom stereocenters. The van der Waals surface area contributed by atoms with Crippen molar-refractivity contribution in [2.75, 3.05) is 0 Å². The fourth-order valence-electron chi connectivity index (χ4n) is 3.74. The third-order valence-corrected chi connectivity index (χ3v) is 4.72. The predicted octanol–water partition coefficient (Wildman–Crippen LogP) is 2.49. The van der Waals surface area contributed by atoms with E-state index in [0.717, 1.165) is 0 Å². The molecule has 2 aliphatic carbocycles. The molecule has 1 fully saturated rings. The molecule has 0 saturated heterocycles. The smallest absolute Gasteiger partial charge is 0.242 e. The second-order valence-electron chi connectivity index (χ2n) is 5.69. The summed E-state index contributed by atoms with van der Waals surface area (Å²) in [5.74, 6) is -1.51. The van der Waals surface area contributed by atoms with Gasteiger partial charge < -0.3 is 0 Å². The van der Waals surface area contributed by atoms with E-state index in [1.165, 1.54) is 0 Å². The van der Waals surface area contributed by atoms with Gasteiger partial charge in [-0.3, -0.25) is 19.7 Å². The van der Waals surface area contributed by atoms with E-state index in [4.69, 9.17) is 0 Å². The van der Waals surface area contributed by atoms with Crippen LogP contribution in [0.1, 0.15) is 32.2 Å². The van der Waals surface area contributed by atoms with Gasteiger partial charge in [-0.05, 0) is 5.56 Å². The Kier molecular flexibility index (Phi) is 2.40. The molecule has 2 aromatic rings. The number of carbonyl (C=O) groups is 2. The van der Waals surface area contributed by atoms with Gasteiger partial charge in [-0.15, -0.1) is 0 Å². The second kappa shape index (κ2) is 4.10. The number of fused-ring (bicyclic) bond motifs is 1. The first-order valence-corrected chi connectivity index (χ1v) is 6.97. The Morgan fingerprint density at radius 3 is 1.86 bits per heavy atom. The van der Waals surface area contributed by atoms with Crippen LogP contribution in [0.5, 0.6) is 0 Å². The van der Waals surface area contributed by atoms with E-state index in [-0.39, 0.29) is 0 Å². The van der Waals surface area contributed by atoms with Gasteiger partial charge >= 0.3 is 0 Å². The lowest BCUT2D eigenvalue weighted by Gasteiger charge is -2.03. The SMILES string of the molecule is O=C1c2ccccc2C(=O)C12C(c1ccccc1)C2[N+](=O)[O-]. The summed E-state index contributed by atoms with van der Waals surface area (Å²) in [6, 6.07) is 14.1. The van der Waals surface area contributed by atoms with Crippen molar-refractivity contribution >= 4 is 11.6 Å². The van der Waals surface area contributed by atoms with Crippen LogP contribution in [0.15, 0.2) is 54.6 Å². The minimum absolute atomic E-state index is 0.304. The summed E-state index contributed by atoms with van der Waals surface area (Å²) in [6.07, 6.45) is 0. The number of nitro groups is 1. The quantitative estimate of drug-likeness (QED) is 0.484. The number of hydrogen-bond acceptors (Lipinski definition) is 4. The van der Waals surface area contributed by atoms with E-state index in [0.29, 0.717) is 16.7 Å². The van der Waals surface area contributed by atoms with Crippen molar-refractivity contribution in [2.45, 2.75) is 12.0 Å². The number of rotatable bonds is 2. The van der Waals surface area contributed by atoms with E-state index in [9.17, 15) is 19.7 Å². The van der Waals surface area contributed by atoms with Gasteiger partial charge in [0.1, 0.15) is 0 Å². The maximum atomic E-state index is 12.8. The van der Waals surface area contributed by atoms with Crippen LogP contribution in [0.4, 0.5) is 0 Å². The summed E-state index contributed by atoms with van der Waals surface area (Å²) in [7, 11) is 0. The van der Waals surface area contributed by atoms with Crippen LogP contribution in [0.2, 0.25) is 0 Å². The lowest BCUT2D eigenvalue weighted by molar-refractivity contribution is -0.500. The van der Waals surface area contributed by atoms with E-state index in [1.807, 2.05) is 0 Å². The summed E-state index contributed by atoms with van der Waals surface area (Å²) in [4.78, 5) is 36.5. The molecule has 4 rings (SSSR count). The summed E-state index contributed by atoms with van der Waals surface area (Å²) < 4.78 is 0. The molecule has 0 amide bonds. The van der Waals surface area contributed by atoms with Gasteiger partial charge in [0.05, 0.1) is 5.92 Å². The molecule has 1 spiro atoms. The Labute approximate surface area is 125 Å². The Bertz CT molecular complexity index is 793. The van der Waals surface area contributed by atoms with Gasteiger partial charge in [0.15, 0.2) is 17.0 Å². The Morgan fingerprint density at radius 1 is 0.864 bits per heavy atom. The van der Waals surface area contributed by atoms with Crippen LogP contribution in [0, 0.1) is 15.5 Å².